The van der Waals surface area contributed by atoms with Gasteiger partial charge in [-0.25, -0.2) is 9.37 Å². The fourth-order valence-corrected chi connectivity index (χ4v) is 2.91. The van der Waals surface area contributed by atoms with Crippen molar-refractivity contribution in [3.8, 4) is 0 Å². The predicted molar refractivity (Wildman–Crippen MR) is 104 cm³/mol. The van der Waals surface area contributed by atoms with Gasteiger partial charge in [0.1, 0.15) is 11.6 Å². The molecule has 0 spiro atoms. The van der Waals surface area contributed by atoms with Crippen molar-refractivity contribution in [1.29, 1.82) is 0 Å². The first-order valence-electron chi connectivity index (χ1n) is 7.73. The highest BCUT2D eigenvalue weighted by Crippen LogP contribution is 2.22. The molecule has 0 atom stereocenters. The maximum absolute atomic E-state index is 13.2. The summed E-state index contributed by atoms with van der Waals surface area (Å²) in [5, 5.41) is 2.63. The van der Waals surface area contributed by atoms with Crippen molar-refractivity contribution in [3.05, 3.63) is 82.8 Å². The highest BCUT2D eigenvalue weighted by molar-refractivity contribution is 8.00. The highest BCUT2D eigenvalue weighted by Gasteiger charge is 2.09. The van der Waals surface area contributed by atoms with Crippen molar-refractivity contribution in [3.63, 3.8) is 0 Å². The third-order valence-corrected chi connectivity index (χ3v) is 4.60. The number of rotatable bonds is 5. The second-order valence-electron chi connectivity index (χ2n) is 5.53. The van der Waals surface area contributed by atoms with E-state index in [0.29, 0.717) is 17.1 Å². The SMILES string of the molecule is Cc1ccc(SNc2cc(C(=O)Nc3ccc(F)c(Cl)c3)ccn2)cc1. The molecule has 0 bridgehead atoms. The number of anilines is 2. The number of amides is 1. The van der Waals surface area contributed by atoms with Crippen LogP contribution in [-0.4, -0.2) is 10.9 Å². The first-order chi connectivity index (χ1) is 12.5. The second-order valence-corrected chi connectivity index (χ2v) is 6.82. The minimum atomic E-state index is -0.534. The topological polar surface area (TPSA) is 54.0 Å². The number of carbonyl (C=O) groups excluding carboxylic acids is 1. The van der Waals surface area contributed by atoms with Gasteiger partial charge >= 0.3 is 0 Å². The zero-order valence-corrected chi connectivity index (χ0v) is 15.4. The zero-order valence-electron chi connectivity index (χ0n) is 13.8. The summed E-state index contributed by atoms with van der Waals surface area (Å²) in [5.41, 5.74) is 2.03. The van der Waals surface area contributed by atoms with Crippen LogP contribution in [-0.2, 0) is 0 Å². The van der Waals surface area contributed by atoms with Gasteiger partial charge in [0.2, 0.25) is 0 Å². The molecule has 1 heterocycles. The second kappa shape index (κ2) is 8.21. The summed E-state index contributed by atoms with van der Waals surface area (Å²) >= 11 is 7.14. The van der Waals surface area contributed by atoms with Crippen molar-refractivity contribution in [1.82, 2.24) is 4.98 Å². The minimum absolute atomic E-state index is 0.0469. The molecule has 0 radical (unpaired) electrons. The third kappa shape index (κ3) is 4.74. The molecule has 0 aliphatic carbocycles. The number of nitrogens with zero attached hydrogens (tertiary/aromatic N) is 1. The van der Waals surface area contributed by atoms with Crippen molar-refractivity contribution < 1.29 is 9.18 Å². The molecule has 4 nitrogen and oxygen atoms in total. The van der Waals surface area contributed by atoms with E-state index in [9.17, 15) is 9.18 Å². The van der Waals surface area contributed by atoms with Crippen LogP contribution in [0.4, 0.5) is 15.9 Å². The quantitative estimate of drug-likeness (QED) is 0.563. The zero-order chi connectivity index (χ0) is 18.5. The predicted octanol–water partition coefficient (Wildman–Crippen LogP) is 5.55. The number of pyridine rings is 1. The molecule has 0 aliphatic heterocycles. The molecule has 26 heavy (non-hydrogen) atoms. The molecule has 7 heteroatoms. The van der Waals surface area contributed by atoms with E-state index in [-0.39, 0.29) is 10.9 Å². The van der Waals surface area contributed by atoms with Gasteiger partial charge in [0.15, 0.2) is 0 Å². The molecule has 0 aliphatic rings. The average Bonchev–Trinajstić information content (AvgIpc) is 2.64. The van der Waals surface area contributed by atoms with Crippen LogP contribution in [0.2, 0.25) is 5.02 Å². The van der Waals surface area contributed by atoms with Crippen LogP contribution in [0.25, 0.3) is 0 Å². The van der Waals surface area contributed by atoms with Gasteiger partial charge in [0.05, 0.1) is 5.02 Å². The molecule has 2 aromatic carbocycles. The highest BCUT2D eigenvalue weighted by atomic mass is 35.5. The number of aryl methyl sites for hydroxylation is 1. The molecule has 1 aromatic heterocycles. The van der Waals surface area contributed by atoms with Crippen LogP contribution in [0, 0.1) is 12.7 Å². The average molecular weight is 388 g/mol. The Hall–Kier alpha value is -2.57. The van der Waals surface area contributed by atoms with E-state index in [1.54, 1.807) is 18.3 Å². The summed E-state index contributed by atoms with van der Waals surface area (Å²) in [6, 6.07) is 15.3. The lowest BCUT2D eigenvalue weighted by Gasteiger charge is -2.08. The molecule has 132 valence electrons. The Labute approximate surface area is 159 Å². The molecule has 3 aromatic rings. The van der Waals surface area contributed by atoms with E-state index in [4.69, 9.17) is 11.6 Å². The van der Waals surface area contributed by atoms with Crippen LogP contribution in [0.15, 0.2) is 65.7 Å². The summed E-state index contributed by atoms with van der Waals surface area (Å²) in [6.07, 6.45) is 1.55. The molecule has 1 amide bonds. The van der Waals surface area contributed by atoms with Crippen LogP contribution < -0.4 is 10.0 Å². The van der Waals surface area contributed by atoms with E-state index in [0.717, 1.165) is 4.90 Å². The number of aromatic nitrogens is 1. The van der Waals surface area contributed by atoms with Gasteiger partial charge in [-0.2, -0.15) is 0 Å². The fourth-order valence-electron chi connectivity index (χ4n) is 2.12. The lowest BCUT2D eigenvalue weighted by atomic mass is 10.2. The summed E-state index contributed by atoms with van der Waals surface area (Å²) in [6.45, 7) is 2.03. The molecule has 0 saturated heterocycles. The number of hydrogen-bond acceptors (Lipinski definition) is 4. The Bertz CT molecular complexity index is 934. The normalized spacial score (nSPS) is 10.4. The van der Waals surface area contributed by atoms with E-state index < -0.39 is 5.82 Å². The molecule has 0 fully saturated rings. The standard InChI is InChI=1S/C19H15ClFN3OS/c1-12-2-5-15(6-3-12)26-24-18-10-13(8-9-22-18)19(25)23-14-4-7-17(21)16(20)11-14/h2-11H,1H3,(H,22,24)(H,23,25). The summed E-state index contributed by atoms with van der Waals surface area (Å²) in [4.78, 5) is 17.6. The first-order valence-corrected chi connectivity index (χ1v) is 8.93. The number of benzene rings is 2. The molecular formula is C19H15ClFN3OS. The van der Waals surface area contributed by atoms with E-state index >= 15 is 0 Å². The third-order valence-electron chi connectivity index (χ3n) is 3.49. The van der Waals surface area contributed by atoms with Gasteiger partial charge in [-0.05, 0) is 61.3 Å². The van der Waals surface area contributed by atoms with Crippen molar-refractivity contribution in [2.24, 2.45) is 0 Å². The molecular weight excluding hydrogens is 373 g/mol. The van der Waals surface area contributed by atoms with Gasteiger partial charge in [-0.15, -0.1) is 0 Å². The van der Waals surface area contributed by atoms with Gasteiger partial charge in [-0.3, -0.25) is 4.79 Å². The Balaban J connectivity index is 1.66. The van der Waals surface area contributed by atoms with E-state index in [1.165, 1.54) is 35.7 Å². The van der Waals surface area contributed by atoms with Crippen LogP contribution in [0.1, 0.15) is 15.9 Å². The largest absolute Gasteiger partial charge is 0.322 e. The van der Waals surface area contributed by atoms with Crippen molar-refractivity contribution in [2.45, 2.75) is 11.8 Å². The van der Waals surface area contributed by atoms with Gasteiger partial charge in [0.25, 0.3) is 5.91 Å². The Morgan fingerprint density at radius 2 is 1.88 bits per heavy atom. The van der Waals surface area contributed by atoms with E-state index in [1.807, 2.05) is 31.2 Å². The monoisotopic (exact) mass is 387 g/mol. The number of halogens is 2. The van der Waals surface area contributed by atoms with Crippen LogP contribution in [0.5, 0.6) is 0 Å². The Morgan fingerprint density at radius 3 is 2.62 bits per heavy atom. The maximum Gasteiger partial charge on any atom is 0.255 e. The Morgan fingerprint density at radius 1 is 1.12 bits per heavy atom. The van der Waals surface area contributed by atoms with Crippen molar-refractivity contribution in [2.75, 3.05) is 10.0 Å². The van der Waals surface area contributed by atoms with Crippen LogP contribution >= 0.6 is 23.5 Å². The maximum atomic E-state index is 13.2. The summed E-state index contributed by atoms with van der Waals surface area (Å²) < 4.78 is 16.3. The molecule has 3 rings (SSSR count). The minimum Gasteiger partial charge on any atom is -0.322 e. The van der Waals surface area contributed by atoms with Crippen LogP contribution in [0.3, 0.4) is 0 Å². The first kappa shape index (κ1) is 18.2. The summed E-state index contributed by atoms with van der Waals surface area (Å²) in [5.74, 6) is -0.313. The van der Waals surface area contributed by atoms with E-state index in [2.05, 4.69) is 15.0 Å². The number of nitrogens with one attached hydrogen (secondary N) is 2. The van der Waals surface area contributed by atoms with Gasteiger partial charge < -0.3 is 10.0 Å². The summed E-state index contributed by atoms with van der Waals surface area (Å²) in [7, 11) is 0. The van der Waals surface area contributed by atoms with Gasteiger partial charge in [0, 0.05) is 22.3 Å². The fraction of sp³-hybridized carbons (Fsp3) is 0.0526. The number of hydrogen-bond donors (Lipinski definition) is 2. The lowest BCUT2D eigenvalue weighted by Crippen LogP contribution is -2.12. The number of carbonyl (C=O) groups is 1. The van der Waals surface area contributed by atoms with Gasteiger partial charge in [-0.1, -0.05) is 29.3 Å². The Kier molecular flexibility index (Phi) is 5.75. The lowest BCUT2D eigenvalue weighted by molar-refractivity contribution is 0.102. The molecule has 0 saturated carbocycles. The molecule has 0 unspecified atom stereocenters. The van der Waals surface area contributed by atoms with Crippen molar-refractivity contribution >= 4 is 41.0 Å². The molecule has 2 N–H and O–H groups in total. The smallest absolute Gasteiger partial charge is 0.255 e.